The van der Waals surface area contributed by atoms with Crippen molar-refractivity contribution in [2.75, 3.05) is 0 Å². The molecule has 0 spiro atoms. The lowest BCUT2D eigenvalue weighted by Crippen LogP contribution is -2.07. The van der Waals surface area contributed by atoms with Crippen LogP contribution in [-0.2, 0) is 0 Å². The summed E-state index contributed by atoms with van der Waals surface area (Å²) < 4.78 is 0. The monoisotopic (exact) mass is 388 g/mol. The van der Waals surface area contributed by atoms with Gasteiger partial charge in [-0.05, 0) is 54.7 Å². The quantitative estimate of drug-likeness (QED) is 0.611. The normalized spacial score (nSPS) is 19.8. The van der Waals surface area contributed by atoms with Crippen LogP contribution in [0.4, 0.5) is 0 Å². The highest BCUT2D eigenvalue weighted by Gasteiger charge is 2.21. The molecule has 2 aromatic rings. The van der Waals surface area contributed by atoms with Gasteiger partial charge in [0.25, 0.3) is 0 Å². The molecule has 5 heterocycles. The third-order valence-corrected chi connectivity index (χ3v) is 5.34. The molecule has 0 fully saturated rings. The maximum Gasteiger partial charge on any atom is 0.0907 e. The number of nitrogens with one attached hydrogen (secondary N) is 1. The zero-order valence-corrected chi connectivity index (χ0v) is 15.9. The minimum absolute atomic E-state index is 0.586. The van der Waals surface area contributed by atoms with Gasteiger partial charge in [-0.1, -0.05) is 24.3 Å². The van der Waals surface area contributed by atoms with Crippen LogP contribution < -0.4 is 0 Å². The molecular formula is C25H16N4O. The number of rotatable bonds is 0. The van der Waals surface area contributed by atoms with Gasteiger partial charge >= 0.3 is 0 Å². The molecule has 4 aliphatic heterocycles. The van der Waals surface area contributed by atoms with E-state index in [9.17, 15) is 5.11 Å². The molecule has 1 aromatic carbocycles. The predicted molar refractivity (Wildman–Crippen MR) is 122 cm³/mol. The SMILES string of the molecule is OC=C1C2=NC(=CC3=NC(=Cc4ccc([nH]4)C=C4C=CC1=N4)c1ccccc13)C=C2. The van der Waals surface area contributed by atoms with Crippen molar-refractivity contribution in [3.63, 3.8) is 0 Å². The molecule has 0 saturated carbocycles. The summed E-state index contributed by atoms with van der Waals surface area (Å²) in [6.07, 6.45) is 14.7. The van der Waals surface area contributed by atoms with Gasteiger partial charge in [0, 0.05) is 22.5 Å². The van der Waals surface area contributed by atoms with Crippen LogP contribution in [0.15, 0.2) is 105 Å². The van der Waals surface area contributed by atoms with Gasteiger partial charge in [-0.2, -0.15) is 0 Å². The lowest BCUT2D eigenvalue weighted by Gasteiger charge is -2.02. The first-order chi connectivity index (χ1) is 14.8. The summed E-state index contributed by atoms with van der Waals surface area (Å²) in [7, 11) is 0. The Kier molecular flexibility index (Phi) is 3.55. The van der Waals surface area contributed by atoms with E-state index < -0.39 is 0 Å². The van der Waals surface area contributed by atoms with Crippen molar-refractivity contribution in [1.29, 1.82) is 0 Å². The highest BCUT2D eigenvalue weighted by molar-refractivity contribution is 6.33. The number of nitrogens with zero attached hydrogens (tertiary/aromatic N) is 3. The molecule has 5 nitrogen and oxygen atoms in total. The van der Waals surface area contributed by atoms with Gasteiger partial charge in [0.15, 0.2) is 0 Å². The van der Waals surface area contributed by atoms with Gasteiger partial charge in [-0.15, -0.1) is 0 Å². The second-order valence-electron chi connectivity index (χ2n) is 7.28. The Balaban J connectivity index is 1.58. The summed E-state index contributed by atoms with van der Waals surface area (Å²) in [6, 6.07) is 12.3. The van der Waals surface area contributed by atoms with Crippen LogP contribution in [0.25, 0.3) is 17.8 Å². The van der Waals surface area contributed by atoms with Gasteiger partial charge in [0.1, 0.15) is 0 Å². The number of aromatic nitrogens is 1. The average Bonchev–Trinajstić information content (AvgIpc) is 3.54. The zero-order valence-electron chi connectivity index (χ0n) is 15.9. The van der Waals surface area contributed by atoms with E-state index >= 15 is 0 Å². The number of hydrogen-bond acceptors (Lipinski definition) is 4. The molecule has 0 atom stereocenters. The van der Waals surface area contributed by atoms with Crippen molar-refractivity contribution in [3.8, 4) is 0 Å². The molecular weight excluding hydrogens is 372 g/mol. The summed E-state index contributed by atoms with van der Waals surface area (Å²) in [4.78, 5) is 17.6. The molecule has 0 radical (unpaired) electrons. The molecule has 1 aromatic heterocycles. The minimum Gasteiger partial charge on any atom is -0.515 e. The Morgan fingerprint density at radius 3 is 2.07 bits per heavy atom. The first-order valence-electron chi connectivity index (χ1n) is 9.68. The van der Waals surface area contributed by atoms with E-state index in [0.717, 1.165) is 51.6 Å². The summed E-state index contributed by atoms with van der Waals surface area (Å²) in [6.45, 7) is 0. The number of aliphatic hydroxyl groups is 1. The summed E-state index contributed by atoms with van der Waals surface area (Å²) in [5, 5.41) is 9.86. The first kappa shape index (κ1) is 16.7. The van der Waals surface area contributed by atoms with Gasteiger partial charge in [-0.25, -0.2) is 15.0 Å². The maximum absolute atomic E-state index is 9.86. The Labute approximate surface area is 172 Å². The Morgan fingerprint density at radius 1 is 0.667 bits per heavy atom. The molecule has 142 valence electrons. The number of hydrogen-bond donors (Lipinski definition) is 2. The first-order valence-corrected chi connectivity index (χ1v) is 9.68. The molecule has 0 amide bonds. The van der Waals surface area contributed by atoms with Crippen LogP contribution in [0.5, 0.6) is 0 Å². The number of benzene rings is 1. The fourth-order valence-corrected chi connectivity index (χ4v) is 3.92. The van der Waals surface area contributed by atoms with Crippen LogP contribution >= 0.6 is 0 Å². The largest absolute Gasteiger partial charge is 0.515 e. The zero-order chi connectivity index (χ0) is 20.1. The third-order valence-electron chi connectivity index (χ3n) is 5.34. The smallest absolute Gasteiger partial charge is 0.0907 e. The van der Waals surface area contributed by atoms with E-state index in [2.05, 4.69) is 33.2 Å². The van der Waals surface area contributed by atoms with Crippen molar-refractivity contribution < 1.29 is 5.11 Å². The summed E-state index contributed by atoms with van der Waals surface area (Å²) in [5.74, 6) is 0. The molecule has 0 aliphatic carbocycles. The predicted octanol–water partition coefficient (Wildman–Crippen LogP) is 5.02. The van der Waals surface area contributed by atoms with E-state index in [1.165, 1.54) is 0 Å². The van der Waals surface area contributed by atoms with E-state index in [4.69, 9.17) is 4.99 Å². The second-order valence-corrected chi connectivity index (χ2v) is 7.28. The highest BCUT2D eigenvalue weighted by atomic mass is 16.2. The number of aliphatic imine (C=N–C) groups is 3. The molecule has 0 saturated heterocycles. The second kappa shape index (κ2) is 6.39. The van der Waals surface area contributed by atoms with E-state index in [-0.39, 0.29) is 0 Å². The lowest BCUT2D eigenvalue weighted by molar-refractivity contribution is 0.472. The van der Waals surface area contributed by atoms with Crippen LogP contribution in [0.3, 0.4) is 0 Å². The topological polar surface area (TPSA) is 73.1 Å². The van der Waals surface area contributed by atoms with Crippen molar-refractivity contribution in [1.82, 2.24) is 4.98 Å². The number of H-pyrrole nitrogens is 1. The van der Waals surface area contributed by atoms with E-state index in [1.807, 2.05) is 60.7 Å². The van der Waals surface area contributed by atoms with Crippen LogP contribution in [0, 0.1) is 0 Å². The molecule has 2 N–H and O–H groups in total. The summed E-state index contributed by atoms with van der Waals surface area (Å²) in [5.41, 5.74) is 9.40. The summed E-state index contributed by atoms with van der Waals surface area (Å²) >= 11 is 0. The van der Waals surface area contributed by atoms with Crippen LogP contribution in [0.1, 0.15) is 22.5 Å². The fourth-order valence-electron chi connectivity index (χ4n) is 3.92. The molecule has 8 bridgehead atoms. The van der Waals surface area contributed by atoms with Crippen LogP contribution in [-0.4, -0.2) is 27.2 Å². The average molecular weight is 388 g/mol. The van der Waals surface area contributed by atoms with Crippen molar-refractivity contribution in [3.05, 3.63) is 113 Å². The lowest BCUT2D eigenvalue weighted by atomic mass is 10.0. The maximum atomic E-state index is 9.86. The number of aromatic amines is 1. The van der Waals surface area contributed by atoms with Crippen molar-refractivity contribution in [2.24, 2.45) is 15.0 Å². The third kappa shape index (κ3) is 2.68. The minimum atomic E-state index is 0.586. The Hall–Kier alpha value is -4.25. The Morgan fingerprint density at radius 2 is 1.33 bits per heavy atom. The molecule has 0 unspecified atom stereocenters. The van der Waals surface area contributed by atoms with Gasteiger partial charge in [-0.3, -0.25) is 0 Å². The van der Waals surface area contributed by atoms with Crippen molar-refractivity contribution >= 4 is 35.0 Å². The molecule has 4 aliphatic rings. The molecule has 30 heavy (non-hydrogen) atoms. The number of fused-ring (bicyclic) bond motifs is 8. The fraction of sp³-hybridized carbons (Fsp3) is 0. The Bertz CT molecular complexity index is 1380. The van der Waals surface area contributed by atoms with Crippen molar-refractivity contribution in [2.45, 2.75) is 0 Å². The highest BCUT2D eigenvalue weighted by Crippen LogP contribution is 2.32. The van der Waals surface area contributed by atoms with E-state index in [0.29, 0.717) is 17.0 Å². The molecule has 5 heteroatoms. The molecule has 6 rings (SSSR count). The van der Waals surface area contributed by atoms with Gasteiger partial charge in [0.2, 0.25) is 0 Å². The van der Waals surface area contributed by atoms with Crippen LogP contribution in [0.2, 0.25) is 0 Å². The standard InChI is InChI=1S/C25H16N4O/c30-14-21-22-9-7-16(27-22)11-15-5-6-17(26-15)12-24-19-3-1-2-4-20(19)25(29-24)13-18-8-10-23(21)28-18/h1-14,26,30H. The van der Waals surface area contributed by atoms with Gasteiger partial charge in [0.05, 0.1) is 46.1 Å². The number of allylic oxidation sites excluding steroid dienone is 6. The van der Waals surface area contributed by atoms with Gasteiger partial charge < -0.3 is 10.1 Å². The van der Waals surface area contributed by atoms with E-state index in [1.54, 1.807) is 0 Å². The number of aliphatic hydroxyl groups excluding tert-OH is 1.